The van der Waals surface area contributed by atoms with Crippen molar-refractivity contribution in [3.05, 3.63) is 93.7 Å². The van der Waals surface area contributed by atoms with Gasteiger partial charge >= 0.3 is 0 Å². The molecule has 1 aliphatic heterocycles. The Bertz CT molecular complexity index is 1120. The number of fused-ring (bicyclic) bond motifs is 1. The van der Waals surface area contributed by atoms with E-state index in [-0.39, 0.29) is 24.2 Å². The predicted molar refractivity (Wildman–Crippen MR) is 120 cm³/mol. The summed E-state index contributed by atoms with van der Waals surface area (Å²) < 4.78 is 19.9. The lowest BCUT2D eigenvalue weighted by Crippen LogP contribution is -2.39. The Morgan fingerprint density at radius 1 is 1.13 bits per heavy atom. The summed E-state index contributed by atoms with van der Waals surface area (Å²) in [6, 6.07) is 17.7. The summed E-state index contributed by atoms with van der Waals surface area (Å²) in [6.07, 6.45) is 0. The second-order valence-corrected chi connectivity index (χ2v) is 8.04. The largest absolute Gasteiger partial charge is 0.494 e. The van der Waals surface area contributed by atoms with Crippen LogP contribution >= 0.6 is 15.9 Å². The third-order valence-electron chi connectivity index (χ3n) is 5.07. The first-order chi connectivity index (χ1) is 15.0. The lowest BCUT2D eigenvalue weighted by atomic mass is 9.95. The van der Waals surface area contributed by atoms with Gasteiger partial charge in [0, 0.05) is 21.3 Å². The summed E-state index contributed by atoms with van der Waals surface area (Å²) >= 11 is 3.48. The van der Waals surface area contributed by atoms with E-state index in [1.807, 2.05) is 19.1 Å². The van der Waals surface area contributed by atoms with E-state index in [1.54, 1.807) is 42.5 Å². The minimum Gasteiger partial charge on any atom is -0.494 e. The van der Waals surface area contributed by atoms with Crippen molar-refractivity contribution in [3.63, 3.8) is 0 Å². The summed E-state index contributed by atoms with van der Waals surface area (Å²) in [7, 11) is 0. The molecule has 1 N–H and O–H groups in total. The minimum absolute atomic E-state index is 0.139. The van der Waals surface area contributed by atoms with Gasteiger partial charge in [-0.1, -0.05) is 28.1 Å². The normalized spacial score (nSPS) is 15.6. The van der Waals surface area contributed by atoms with Crippen LogP contribution in [-0.2, 0) is 4.79 Å². The Kier molecular flexibility index (Phi) is 6.04. The average molecular weight is 483 g/mol. The van der Waals surface area contributed by atoms with E-state index in [1.165, 1.54) is 17.0 Å². The lowest BCUT2D eigenvalue weighted by molar-refractivity contribution is -0.117. The van der Waals surface area contributed by atoms with Crippen LogP contribution in [-0.4, -0.2) is 29.9 Å². The van der Waals surface area contributed by atoms with Gasteiger partial charge in [0.25, 0.3) is 5.91 Å². The highest BCUT2D eigenvalue weighted by atomic mass is 79.9. The molecule has 0 saturated heterocycles. The molecule has 0 fully saturated rings. The quantitative estimate of drug-likeness (QED) is 0.557. The van der Waals surface area contributed by atoms with E-state index in [0.717, 1.165) is 10.0 Å². The van der Waals surface area contributed by atoms with Gasteiger partial charge in [0.05, 0.1) is 12.6 Å². The van der Waals surface area contributed by atoms with Crippen molar-refractivity contribution in [1.29, 1.82) is 0 Å². The Morgan fingerprint density at radius 3 is 2.52 bits per heavy atom. The number of nitrogens with one attached hydrogen (secondary N) is 1. The first-order valence-corrected chi connectivity index (χ1v) is 10.6. The second-order valence-electron chi connectivity index (χ2n) is 7.12. The van der Waals surface area contributed by atoms with Crippen molar-refractivity contribution in [2.24, 2.45) is 0 Å². The molecular formula is C24H20BrFN2O3. The van der Waals surface area contributed by atoms with E-state index in [2.05, 4.69) is 21.2 Å². The van der Waals surface area contributed by atoms with Gasteiger partial charge in [0.2, 0.25) is 5.91 Å². The van der Waals surface area contributed by atoms with Crippen molar-refractivity contribution in [2.75, 3.05) is 18.5 Å². The number of rotatable bonds is 4. The van der Waals surface area contributed by atoms with E-state index >= 15 is 0 Å². The van der Waals surface area contributed by atoms with Crippen LogP contribution in [0.3, 0.4) is 0 Å². The molecule has 0 bridgehead atoms. The molecule has 158 valence electrons. The number of carbonyl (C=O) groups is 2. The fraction of sp³-hybridized carbons (Fsp3) is 0.167. The highest BCUT2D eigenvalue weighted by molar-refractivity contribution is 9.10. The van der Waals surface area contributed by atoms with Crippen LogP contribution in [0.1, 0.15) is 34.5 Å². The molecule has 5 nitrogen and oxygen atoms in total. The molecule has 0 spiro atoms. The molecule has 4 rings (SSSR count). The molecule has 31 heavy (non-hydrogen) atoms. The summed E-state index contributed by atoms with van der Waals surface area (Å²) in [4.78, 5) is 27.7. The van der Waals surface area contributed by atoms with Gasteiger partial charge in [0.1, 0.15) is 18.1 Å². The summed E-state index contributed by atoms with van der Waals surface area (Å²) in [5.41, 5.74) is 2.49. The predicted octanol–water partition coefficient (Wildman–Crippen LogP) is 5.17. The number of benzene rings is 3. The van der Waals surface area contributed by atoms with Gasteiger partial charge in [-0.05, 0) is 67.1 Å². The van der Waals surface area contributed by atoms with Crippen molar-refractivity contribution in [3.8, 4) is 5.75 Å². The van der Waals surface area contributed by atoms with Gasteiger partial charge in [-0.3, -0.25) is 9.59 Å². The molecule has 1 heterocycles. The maximum absolute atomic E-state index is 13.6. The molecule has 2 amide bonds. The number of hydrogen-bond acceptors (Lipinski definition) is 3. The van der Waals surface area contributed by atoms with Gasteiger partial charge in [-0.25, -0.2) is 4.39 Å². The second kappa shape index (κ2) is 8.89. The third kappa shape index (κ3) is 4.46. The lowest BCUT2D eigenvalue weighted by Gasteiger charge is -2.31. The summed E-state index contributed by atoms with van der Waals surface area (Å²) in [6.45, 7) is 2.27. The van der Waals surface area contributed by atoms with E-state index < -0.39 is 6.04 Å². The molecule has 3 aromatic carbocycles. The van der Waals surface area contributed by atoms with Crippen LogP contribution in [0.15, 0.2) is 71.2 Å². The molecule has 0 aliphatic carbocycles. The van der Waals surface area contributed by atoms with Crippen LogP contribution in [0, 0.1) is 5.82 Å². The van der Waals surface area contributed by atoms with Crippen molar-refractivity contribution >= 4 is 33.4 Å². The molecule has 7 heteroatoms. The molecule has 0 saturated carbocycles. The van der Waals surface area contributed by atoms with Crippen LogP contribution in [0.5, 0.6) is 5.75 Å². The van der Waals surface area contributed by atoms with Crippen molar-refractivity contribution in [2.45, 2.75) is 13.0 Å². The first-order valence-electron chi connectivity index (χ1n) is 9.85. The van der Waals surface area contributed by atoms with Crippen molar-refractivity contribution in [1.82, 2.24) is 4.90 Å². The monoisotopic (exact) mass is 482 g/mol. The number of nitrogens with zero attached hydrogens (tertiary/aromatic N) is 1. The highest BCUT2D eigenvalue weighted by Crippen LogP contribution is 2.38. The third-order valence-corrected chi connectivity index (χ3v) is 5.56. The topological polar surface area (TPSA) is 58.6 Å². The molecule has 0 radical (unpaired) electrons. The van der Waals surface area contributed by atoms with Crippen LogP contribution in [0.4, 0.5) is 10.1 Å². The summed E-state index contributed by atoms with van der Waals surface area (Å²) in [5.74, 6) is -0.310. The first kappa shape index (κ1) is 21.1. The molecule has 0 aromatic heterocycles. The SMILES string of the molecule is CCOc1ccc(C(=O)N2CC(=O)Nc3ccc(Br)cc3[C@@H]2c2ccc(F)cc2)cc1. The molecule has 3 aromatic rings. The van der Waals surface area contributed by atoms with Gasteiger partial charge in [-0.2, -0.15) is 0 Å². The van der Waals surface area contributed by atoms with Gasteiger partial charge in [0.15, 0.2) is 0 Å². The number of amides is 2. The Hall–Kier alpha value is -3.19. The van der Waals surface area contributed by atoms with Crippen LogP contribution in [0.25, 0.3) is 0 Å². The Balaban J connectivity index is 1.82. The zero-order valence-corrected chi connectivity index (χ0v) is 18.4. The minimum atomic E-state index is -0.578. The number of hydrogen-bond donors (Lipinski definition) is 1. The van der Waals surface area contributed by atoms with E-state index in [9.17, 15) is 14.0 Å². The maximum Gasteiger partial charge on any atom is 0.255 e. The molecule has 1 atom stereocenters. The molecule has 1 aliphatic rings. The van der Waals surface area contributed by atoms with Gasteiger partial charge in [-0.15, -0.1) is 0 Å². The Morgan fingerprint density at radius 2 is 1.84 bits per heavy atom. The zero-order chi connectivity index (χ0) is 22.0. The Labute approximate surface area is 188 Å². The molecular weight excluding hydrogens is 463 g/mol. The van der Waals surface area contributed by atoms with E-state index in [4.69, 9.17) is 4.74 Å². The van der Waals surface area contributed by atoms with Crippen LogP contribution in [0.2, 0.25) is 0 Å². The number of ether oxygens (including phenoxy) is 1. The highest BCUT2D eigenvalue weighted by Gasteiger charge is 2.34. The van der Waals surface area contributed by atoms with E-state index in [0.29, 0.717) is 29.2 Å². The standard InChI is InChI=1S/C24H20BrFN2O3/c1-2-31-19-10-5-16(6-11-19)24(30)28-14-22(29)27-21-12-7-17(25)13-20(21)23(28)15-3-8-18(26)9-4-15/h3-13,23H,2,14H2,1H3,(H,27,29)/t23-/m0/s1. The number of carbonyl (C=O) groups excluding carboxylic acids is 2. The average Bonchev–Trinajstić information content (AvgIpc) is 2.90. The van der Waals surface area contributed by atoms with Crippen molar-refractivity contribution < 1.29 is 18.7 Å². The summed E-state index contributed by atoms with van der Waals surface area (Å²) in [5, 5.41) is 2.88. The smallest absolute Gasteiger partial charge is 0.255 e. The number of anilines is 1. The number of halogens is 2. The van der Waals surface area contributed by atoms with Gasteiger partial charge < -0.3 is 15.0 Å². The molecule has 0 unspecified atom stereocenters. The fourth-order valence-corrected chi connectivity index (χ4v) is 4.08. The van der Waals surface area contributed by atoms with Crippen LogP contribution < -0.4 is 10.1 Å². The zero-order valence-electron chi connectivity index (χ0n) is 16.8. The fourth-order valence-electron chi connectivity index (χ4n) is 3.70. The maximum atomic E-state index is 13.6.